The minimum Gasteiger partial charge on any atom is -0.468 e. The van der Waals surface area contributed by atoms with Crippen LogP contribution in [0.15, 0.2) is 34.8 Å². The Kier molecular flexibility index (Phi) is 6.11. The van der Waals surface area contributed by atoms with E-state index in [0.717, 1.165) is 28.6 Å². The van der Waals surface area contributed by atoms with Gasteiger partial charge in [0.15, 0.2) is 5.06 Å². The van der Waals surface area contributed by atoms with Crippen molar-refractivity contribution in [2.75, 3.05) is 13.7 Å². The fourth-order valence-corrected chi connectivity index (χ4v) is 4.59. The van der Waals surface area contributed by atoms with Crippen molar-refractivity contribution in [3.05, 3.63) is 50.8 Å². The SMILES string of the molecule is CCC(=O)Oc1cc2c(s1)CCN(C(C(=O)OC)c1ccccc1Br)C2. The highest BCUT2D eigenvalue weighted by molar-refractivity contribution is 9.10. The van der Waals surface area contributed by atoms with E-state index in [0.29, 0.717) is 18.0 Å². The molecule has 2 aromatic rings. The molecule has 0 radical (unpaired) electrons. The van der Waals surface area contributed by atoms with Crippen LogP contribution in [-0.4, -0.2) is 30.5 Å². The van der Waals surface area contributed by atoms with Crippen molar-refractivity contribution in [1.29, 1.82) is 0 Å². The average Bonchev–Trinajstić information content (AvgIpc) is 3.04. The smallest absolute Gasteiger partial charge is 0.327 e. The number of benzene rings is 1. The molecule has 0 fully saturated rings. The Morgan fingerprint density at radius 2 is 2.12 bits per heavy atom. The number of carbonyl (C=O) groups is 2. The van der Waals surface area contributed by atoms with Gasteiger partial charge in [-0.25, -0.2) is 4.79 Å². The molecule has 0 N–H and O–H groups in total. The maximum Gasteiger partial charge on any atom is 0.327 e. The lowest BCUT2D eigenvalue weighted by Crippen LogP contribution is -2.38. The van der Waals surface area contributed by atoms with Crippen LogP contribution >= 0.6 is 27.3 Å². The predicted octanol–water partition coefficient (Wildman–Crippen LogP) is 4.10. The highest BCUT2D eigenvalue weighted by atomic mass is 79.9. The summed E-state index contributed by atoms with van der Waals surface area (Å²) < 4.78 is 11.3. The molecule has 26 heavy (non-hydrogen) atoms. The lowest BCUT2D eigenvalue weighted by molar-refractivity contribution is -0.147. The van der Waals surface area contributed by atoms with Crippen LogP contribution in [0, 0.1) is 0 Å². The quantitative estimate of drug-likeness (QED) is 0.658. The summed E-state index contributed by atoms with van der Waals surface area (Å²) in [6, 6.07) is 9.12. The lowest BCUT2D eigenvalue weighted by atomic mass is 10.0. The number of hydrogen-bond acceptors (Lipinski definition) is 6. The molecule has 1 aliphatic heterocycles. The average molecular weight is 438 g/mol. The summed E-state index contributed by atoms with van der Waals surface area (Å²) in [6.45, 7) is 3.11. The number of halogens is 1. The first kappa shape index (κ1) is 19.1. The number of rotatable bonds is 5. The van der Waals surface area contributed by atoms with Gasteiger partial charge in [0.2, 0.25) is 0 Å². The number of nitrogens with zero attached hydrogens (tertiary/aromatic N) is 1. The predicted molar refractivity (Wildman–Crippen MR) is 103 cm³/mol. The molecule has 1 aromatic carbocycles. The van der Waals surface area contributed by atoms with Gasteiger partial charge in [-0.3, -0.25) is 9.69 Å². The summed E-state index contributed by atoms with van der Waals surface area (Å²) in [7, 11) is 1.41. The topological polar surface area (TPSA) is 55.8 Å². The first-order valence-corrected chi connectivity index (χ1v) is 10.0. The van der Waals surface area contributed by atoms with E-state index in [1.165, 1.54) is 23.3 Å². The van der Waals surface area contributed by atoms with Crippen molar-refractivity contribution in [2.45, 2.75) is 32.4 Å². The minimum atomic E-state index is -0.481. The van der Waals surface area contributed by atoms with Crippen molar-refractivity contribution in [1.82, 2.24) is 4.90 Å². The molecule has 1 aliphatic rings. The summed E-state index contributed by atoms with van der Waals surface area (Å²) in [6.07, 6.45) is 1.16. The van der Waals surface area contributed by atoms with Crippen LogP contribution in [0.4, 0.5) is 0 Å². The molecule has 0 aliphatic carbocycles. The standard InChI is InChI=1S/C19H20BrNO4S/c1-3-16(22)25-17-10-12-11-21(9-8-15(12)26-17)18(19(23)24-2)13-6-4-5-7-14(13)20/h4-7,10,18H,3,8-9,11H2,1-2H3. The van der Waals surface area contributed by atoms with Gasteiger partial charge in [-0.15, -0.1) is 11.3 Å². The van der Waals surface area contributed by atoms with Crippen LogP contribution in [0.3, 0.4) is 0 Å². The zero-order valence-corrected chi connectivity index (χ0v) is 17.1. The molecule has 1 atom stereocenters. The van der Waals surface area contributed by atoms with Gasteiger partial charge in [0, 0.05) is 28.9 Å². The number of carbonyl (C=O) groups excluding carboxylic acids is 2. The molecule has 3 rings (SSSR count). The van der Waals surface area contributed by atoms with Crippen LogP contribution in [-0.2, 0) is 27.3 Å². The molecule has 138 valence electrons. The second-order valence-corrected chi connectivity index (χ2v) is 7.96. The van der Waals surface area contributed by atoms with Gasteiger partial charge in [-0.05, 0) is 29.7 Å². The molecule has 0 bridgehead atoms. The summed E-state index contributed by atoms with van der Waals surface area (Å²) >= 11 is 5.05. The van der Waals surface area contributed by atoms with Gasteiger partial charge in [0.05, 0.1) is 7.11 Å². The normalized spacial score (nSPS) is 15.2. The molecule has 2 heterocycles. The van der Waals surface area contributed by atoms with Gasteiger partial charge in [-0.1, -0.05) is 41.1 Å². The Bertz CT molecular complexity index is 820. The van der Waals surface area contributed by atoms with Gasteiger partial charge in [-0.2, -0.15) is 0 Å². The number of fused-ring (bicyclic) bond motifs is 1. The Morgan fingerprint density at radius 1 is 1.35 bits per heavy atom. The van der Waals surface area contributed by atoms with E-state index in [4.69, 9.17) is 9.47 Å². The van der Waals surface area contributed by atoms with Crippen LogP contribution in [0.25, 0.3) is 0 Å². The van der Waals surface area contributed by atoms with Crippen LogP contribution < -0.4 is 4.74 Å². The van der Waals surface area contributed by atoms with Gasteiger partial charge in [0.25, 0.3) is 0 Å². The maximum absolute atomic E-state index is 12.5. The fraction of sp³-hybridized carbons (Fsp3) is 0.368. The highest BCUT2D eigenvalue weighted by Crippen LogP contribution is 2.37. The Hall–Kier alpha value is -1.70. The highest BCUT2D eigenvalue weighted by Gasteiger charge is 2.33. The van der Waals surface area contributed by atoms with Crippen molar-refractivity contribution in [2.24, 2.45) is 0 Å². The second-order valence-electron chi connectivity index (χ2n) is 6.01. The summed E-state index contributed by atoms with van der Waals surface area (Å²) in [4.78, 5) is 27.3. The zero-order valence-electron chi connectivity index (χ0n) is 14.7. The monoisotopic (exact) mass is 437 g/mol. The van der Waals surface area contributed by atoms with E-state index >= 15 is 0 Å². The molecular weight excluding hydrogens is 418 g/mol. The number of methoxy groups -OCH3 is 1. The van der Waals surface area contributed by atoms with Crippen LogP contribution in [0.2, 0.25) is 0 Å². The zero-order chi connectivity index (χ0) is 18.7. The third-order valence-electron chi connectivity index (χ3n) is 4.37. The van der Waals surface area contributed by atoms with E-state index in [1.54, 1.807) is 6.92 Å². The van der Waals surface area contributed by atoms with E-state index in [-0.39, 0.29) is 11.9 Å². The molecule has 0 spiro atoms. The first-order chi connectivity index (χ1) is 12.5. The van der Waals surface area contributed by atoms with E-state index in [1.807, 2.05) is 30.3 Å². The summed E-state index contributed by atoms with van der Waals surface area (Å²) in [5.74, 6) is -0.519. The molecule has 0 saturated heterocycles. The molecular formula is C19H20BrNO4S. The maximum atomic E-state index is 12.5. The van der Waals surface area contributed by atoms with E-state index in [2.05, 4.69) is 20.8 Å². The van der Waals surface area contributed by atoms with Crippen LogP contribution in [0.5, 0.6) is 5.06 Å². The number of thiophene rings is 1. The third-order valence-corrected chi connectivity index (χ3v) is 6.20. The number of ether oxygens (including phenoxy) is 2. The Balaban J connectivity index is 1.86. The largest absolute Gasteiger partial charge is 0.468 e. The Morgan fingerprint density at radius 3 is 2.81 bits per heavy atom. The second kappa shape index (κ2) is 8.33. The number of esters is 2. The van der Waals surface area contributed by atoms with Crippen molar-refractivity contribution in [3.8, 4) is 5.06 Å². The van der Waals surface area contributed by atoms with E-state index < -0.39 is 6.04 Å². The van der Waals surface area contributed by atoms with Gasteiger partial charge < -0.3 is 9.47 Å². The van der Waals surface area contributed by atoms with Gasteiger partial charge >= 0.3 is 11.9 Å². The molecule has 0 saturated carbocycles. The van der Waals surface area contributed by atoms with Crippen molar-refractivity contribution < 1.29 is 19.1 Å². The molecule has 5 nitrogen and oxygen atoms in total. The molecule has 7 heteroatoms. The lowest BCUT2D eigenvalue weighted by Gasteiger charge is -2.33. The van der Waals surface area contributed by atoms with Crippen molar-refractivity contribution in [3.63, 3.8) is 0 Å². The van der Waals surface area contributed by atoms with Crippen LogP contribution in [0.1, 0.15) is 35.4 Å². The molecule has 1 aromatic heterocycles. The molecule has 1 unspecified atom stereocenters. The first-order valence-electron chi connectivity index (χ1n) is 8.42. The number of hydrogen-bond donors (Lipinski definition) is 0. The van der Waals surface area contributed by atoms with E-state index in [9.17, 15) is 9.59 Å². The van der Waals surface area contributed by atoms with Crippen molar-refractivity contribution >= 4 is 39.2 Å². The fourth-order valence-electron chi connectivity index (χ4n) is 3.06. The minimum absolute atomic E-state index is 0.235. The Labute approximate surface area is 165 Å². The third kappa shape index (κ3) is 4.00. The van der Waals surface area contributed by atoms with Gasteiger partial charge in [0.1, 0.15) is 6.04 Å². The summed E-state index contributed by atoms with van der Waals surface area (Å²) in [5.41, 5.74) is 1.98. The molecule has 0 amide bonds. The summed E-state index contributed by atoms with van der Waals surface area (Å²) in [5, 5.41) is 0.624.